The summed E-state index contributed by atoms with van der Waals surface area (Å²) in [7, 11) is -3.74. The molecular formula is C22H25ClFN7O4S. The molecule has 5 N–H and O–H groups in total. The summed E-state index contributed by atoms with van der Waals surface area (Å²) in [6.45, 7) is 3.37. The molecule has 3 aromatic rings. The third-order valence-corrected chi connectivity index (χ3v) is 6.98. The lowest BCUT2D eigenvalue weighted by Gasteiger charge is -2.13. The molecule has 4 rings (SSSR count). The zero-order valence-corrected chi connectivity index (χ0v) is 21.0. The van der Waals surface area contributed by atoms with Crippen molar-refractivity contribution in [3.8, 4) is 22.6 Å². The summed E-state index contributed by atoms with van der Waals surface area (Å²) in [5.74, 6) is 0.0796. The first-order valence-corrected chi connectivity index (χ1v) is 13.3. The van der Waals surface area contributed by atoms with Crippen LogP contribution < -0.4 is 15.4 Å². The number of aromatic amines is 1. The Morgan fingerprint density at radius 1 is 1.33 bits per heavy atom. The minimum Gasteiger partial charge on any atom is -0.465 e. The number of H-pyrrole nitrogens is 1. The predicted octanol–water partition coefficient (Wildman–Crippen LogP) is 4.03. The Kier molecular flexibility index (Phi) is 7.31. The summed E-state index contributed by atoms with van der Waals surface area (Å²) in [6.07, 6.45) is 2.25. The molecule has 1 aliphatic rings. The van der Waals surface area contributed by atoms with E-state index >= 15 is 4.39 Å². The third-order valence-electron chi connectivity index (χ3n) is 5.47. The highest BCUT2D eigenvalue weighted by Crippen LogP contribution is 2.43. The van der Waals surface area contributed by atoms with E-state index in [-0.39, 0.29) is 40.4 Å². The first kappa shape index (κ1) is 25.6. The van der Waals surface area contributed by atoms with Crippen LogP contribution >= 0.6 is 11.6 Å². The normalized spacial score (nSPS) is 14.3. The van der Waals surface area contributed by atoms with Crippen LogP contribution in [0.3, 0.4) is 0 Å². The minimum atomic E-state index is -3.74. The molecule has 36 heavy (non-hydrogen) atoms. The van der Waals surface area contributed by atoms with Crippen molar-refractivity contribution in [2.45, 2.75) is 38.6 Å². The number of benzene rings is 1. The third kappa shape index (κ3) is 6.02. The van der Waals surface area contributed by atoms with Gasteiger partial charge in [0.1, 0.15) is 11.5 Å². The molecule has 0 spiro atoms. The smallest absolute Gasteiger partial charge is 0.404 e. The van der Waals surface area contributed by atoms with Gasteiger partial charge in [-0.2, -0.15) is 0 Å². The van der Waals surface area contributed by atoms with Crippen LogP contribution in [0.25, 0.3) is 22.6 Å². The van der Waals surface area contributed by atoms with Crippen LogP contribution in [-0.4, -0.2) is 57.9 Å². The van der Waals surface area contributed by atoms with Crippen molar-refractivity contribution >= 4 is 39.4 Å². The zero-order chi connectivity index (χ0) is 26.0. The molecule has 14 heteroatoms. The first-order valence-electron chi connectivity index (χ1n) is 11.2. The van der Waals surface area contributed by atoms with Gasteiger partial charge in [-0.15, -0.1) is 0 Å². The Morgan fingerprint density at radius 2 is 2.08 bits per heavy atom. The number of carboxylic acid groups (broad SMARTS) is 1. The molecule has 1 aromatic carbocycles. The molecule has 11 nitrogen and oxygen atoms in total. The Bertz CT molecular complexity index is 1400. The van der Waals surface area contributed by atoms with Gasteiger partial charge in [0.15, 0.2) is 5.82 Å². The van der Waals surface area contributed by atoms with Crippen LogP contribution in [0.1, 0.15) is 38.4 Å². The summed E-state index contributed by atoms with van der Waals surface area (Å²) in [5, 5.41) is 14.3. The average molecular weight is 538 g/mol. The van der Waals surface area contributed by atoms with Crippen LogP contribution in [0.15, 0.2) is 24.4 Å². The standard InChI is InChI=1S/C22H25ClFN7O4S/c1-3-36(34,35)31-16-9-13(23)8-14(17(16)24)18-19(30-20(29-18)12-4-5-12)15-6-7-25-21(28-15)26-10-11(2)27-22(32)33/h6-9,11-12,27,31H,3-5,10H2,1-2H3,(H,29,30)(H,32,33)(H,25,26,28)/t11-/m0/s1. The number of hydrogen-bond donors (Lipinski definition) is 5. The Hall–Kier alpha value is -3.45. The lowest BCUT2D eigenvalue weighted by molar-refractivity contribution is 0.191. The quantitative estimate of drug-likeness (QED) is 0.259. The van der Waals surface area contributed by atoms with Crippen molar-refractivity contribution < 1.29 is 22.7 Å². The van der Waals surface area contributed by atoms with Crippen molar-refractivity contribution in [1.29, 1.82) is 0 Å². The number of hydrogen-bond acceptors (Lipinski definition) is 7. The molecule has 1 saturated carbocycles. The van der Waals surface area contributed by atoms with Gasteiger partial charge in [-0.3, -0.25) is 4.72 Å². The Labute approximate surface area is 212 Å². The molecule has 1 atom stereocenters. The number of nitrogens with one attached hydrogen (secondary N) is 4. The molecule has 192 valence electrons. The molecule has 1 fully saturated rings. The molecule has 0 bridgehead atoms. The Morgan fingerprint density at radius 3 is 2.75 bits per heavy atom. The lowest BCUT2D eigenvalue weighted by Crippen LogP contribution is -2.36. The van der Waals surface area contributed by atoms with Crippen LogP contribution in [-0.2, 0) is 10.0 Å². The molecule has 0 unspecified atom stereocenters. The highest BCUT2D eigenvalue weighted by molar-refractivity contribution is 7.92. The van der Waals surface area contributed by atoms with Gasteiger partial charge < -0.3 is 20.7 Å². The number of carbonyl (C=O) groups is 1. The van der Waals surface area contributed by atoms with Crippen LogP contribution in [0, 0.1) is 5.82 Å². The summed E-state index contributed by atoms with van der Waals surface area (Å²) < 4.78 is 42.0. The highest BCUT2D eigenvalue weighted by Gasteiger charge is 2.30. The molecule has 0 aliphatic heterocycles. The van der Waals surface area contributed by atoms with Gasteiger partial charge in [-0.1, -0.05) is 11.6 Å². The summed E-state index contributed by atoms with van der Waals surface area (Å²) in [4.78, 5) is 27.3. The maximum absolute atomic E-state index is 15.6. The van der Waals surface area contributed by atoms with E-state index in [2.05, 4.69) is 35.3 Å². The van der Waals surface area contributed by atoms with Gasteiger partial charge in [0.2, 0.25) is 16.0 Å². The van der Waals surface area contributed by atoms with Gasteiger partial charge in [0, 0.05) is 35.3 Å². The molecule has 1 amide bonds. The molecule has 2 heterocycles. The number of nitrogens with zero attached hydrogens (tertiary/aromatic N) is 3. The SMILES string of the molecule is CCS(=O)(=O)Nc1cc(Cl)cc(-c2[nH]c(C3CC3)nc2-c2ccnc(NC[C@H](C)NC(=O)O)n2)c1F. The van der Waals surface area contributed by atoms with E-state index in [1.165, 1.54) is 25.3 Å². The monoisotopic (exact) mass is 537 g/mol. The number of amides is 1. The molecule has 1 aliphatic carbocycles. The fourth-order valence-corrected chi connectivity index (χ4v) is 4.34. The van der Waals surface area contributed by atoms with E-state index in [4.69, 9.17) is 16.7 Å². The van der Waals surface area contributed by atoms with Crippen LogP contribution in [0.2, 0.25) is 5.02 Å². The largest absolute Gasteiger partial charge is 0.465 e. The molecular weight excluding hydrogens is 513 g/mol. The highest BCUT2D eigenvalue weighted by atomic mass is 35.5. The van der Waals surface area contributed by atoms with Crippen molar-refractivity contribution in [3.63, 3.8) is 0 Å². The number of halogens is 2. The molecule has 0 saturated heterocycles. The molecule has 0 radical (unpaired) electrons. The maximum atomic E-state index is 15.6. The van der Waals surface area contributed by atoms with E-state index in [0.29, 0.717) is 22.9 Å². The van der Waals surface area contributed by atoms with Gasteiger partial charge >= 0.3 is 6.09 Å². The van der Waals surface area contributed by atoms with Crippen LogP contribution in [0.4, 0.5) is 20.8 Å². The van der Waals surface area contributed by atoms with Crippen molar-refractivity contribution in [2.24, 2.45) is 0 Å². The number of imidazole rings is 1. The van der Waals surface area contributed by atoms with Gasteiger partial charge in [-0.05, 0) is 44.9 Å². The van der Waals surface area contributed by atoms with E-state index in [1.54, 1.807) is 13.0 Å². The fourth-order valence-electron chi connectivity index (χ4n) is 3.49. The number of aromatic nitrogens is 4. The number of sulfonamides is 1. The fraction of sp³-hybridized carbons (Fsp3) is 0.364. The second kappa shape index (κ2) is 10.3. The van der Waals surface area contributed by atoms with E-state index < -0.39 is 28.0 Å². The first-order chi connectivity index (χ1) is 17.1. The lowest BCUT2D eigenvalue weighted by atomic mass is 10.1. The second-order valence-electron chi connectivity index (χ2n) is 8.44. The zero-order valence-electron chi connectivity index (χ0n) is 19.5. The van der Waals surface area contributed by atoms with Crippen LogP contribution in [0.5, 0.6) is 0 Å². The van der Waals surface area contributed by atoms with Crippen molar-refractivity contribution in [2.75, 3.05) is 22.3 Å². The van der Waals surface area contributed by atoms with E-state index in [9.17, 15) is 13.2 Å². The van der Waals surface area contributed by atoms with E-state index in [0.717, 1.165) is 12.8 Å². The van der Waals surface area contributed by atoms with Crippen molar-refractivity contribution in [1.82, 2.24) is 25.3 Å². The van der Waals surface area contributed by atoms with Crippen molar-refractivity contribution in [3.05, 3.63) is 41.1 Å². The number of rotatable bonds is 10. The van der Waals surface area contributed by atoms with Gasteiger partial charge in [0.05, 0.1) is 22.8 Å². The predicted molar refractivity (Wildman–Crippen MR) is 134 cm³/mol. The number of anilines is 2. The topological polar surface area (TPSA) is 162 Å². The average Bonchev–Trinajstić information content (AvgIpc) is 3.58. The Balaban J connectivity index is 1.73. The summed E-state index contributed by atoms with van der Waals surface area (Å²) in [6, 6.07) is 3.82. The molecule has 2 aromatic heterocycles. The summed E-state index contributed by atoms with van der Waals surface area (Å²) in [5.41, 5.74) is 0.819. The minimum absolute atomic E-state index is 0.0399. The summed E-state index contributed by atoms with van der Waals surface area (Å²) >= 11 is 6.24. The van der Waals surface area contributed by atoms with Gasteiger partial charge in [-0.25, -0.2) is 32.6 Å². The second-order valence-corrected chi connectivity index (χ2v) is 10.9. The van der Waals surface area contributed by atoms with E-state index in [1.807, 2.05) is 0 Å². The van der Waals surface area contributed by atoms with Gasteiger partial charge in [0.25, 0.3) is 0 Å². The maximum Gasteiger partial charge on any atom is 0.404 e.